The molecule has 2 amide bonds. The monoisotopic (exact) mass is 447 g/mol. The summed E-state index contributed by atoms with van der Waals surface area (Å²) >= 11 is 6.16. The van der Waals surface area contributed by atoms with Crippen molar-refractivity contribution in [2.75, 3.05) is 36.4 Å². The average molecular weight is 448 g/mol. The lowest BCUT2D eigenvalue weighted by molar-refractivity contribution is -0.121. The summed E-state index contributed by atoms with van der Waals surface area (Å²) < 4.78 is 27.0. The SMILES string of the molecule is O=C(Nc1cc(Cl)ccc1N1CCCC1)C1CCN(C(=O)c2ccc(F)cc2F)CC1. The molecule has 0 radical (unpaired) electrons. The maximum absolute atomic E-state index is 13.9. The van der Waals surface area contributed by atoms with Gasteiger partial charge in [-0.3, -0.25) is 9.59 Å². The van der Waals surface area contributed by atoms with Crippen LogP contribution < -0.4 is 10.2 Å². The van der Waals surface area contributed by atoms with Crippen molar-refractivity contribution in [1.29, 1.82) is 0 Å². The minimum Gasteiger partial charge on any atom is -0.370 e. The molecule has 0 atom stereocenters. The van der Waals surface area contributed by atoms with Crippen LogP contribution >= 0.6 is 11.6 Å². The largest absolute Gasteiger partial charge is 0.370 e. The topological polar surface area (TPSA) is 52.7 Å². The molecule has 2 aliphatic rings. The van der Waals surface area contributed by atoms with Gasteiger partial charge in [0.25, 0.3) is 5.91 Å². The van der Waals surface area contributed by atoms with Gasteiger partial charge in [-0.1, -0.05) is 11.6 Å². The first-order valence-electron chi connectivity index (χ1n) is 10.5. The van der Waals surface area contributed by atoms with Crippen molar-refractivity contribution in [3.63, 3.8) is 0 Å². The summed E-state index contributed by atoms with van der Waals surface area (Å²) in [5.41, 5.74) is 1.51. The first kappa shape index (κ1) is 21.6. The van der Waals surface area contributed by atoms with Gasteiger partial charge in [-0.15, -0.1) is 0 Å². The Labute approximate surface area is 185 Å². The maximum atomic E-state index is 13.9. The standard InChI is InChI=1S/C23H24ClF2N3O2/c24-16-3-6-21(28-9-1-2-10-28)20(13-16)27-22(30)15-7-11-29(12-8-15)23(31)18-5-4-17(25)14-19(18)26/h3-6,13-15H,1-2,7-12H2,(H,27,30). The van der Waals surface area contributed by atoms with Crippen LogP contribution in [0, 0.1) is 17.6 Å². The molecule has 0 bridgehead atoms. The molecule has 2 fully saturated rings. The number of halogens is 3. The lowest BCUT2D eigenvalue weighted by Crippen LogP contribution is -2.41. The highest BCUT2D eigenvalue weighted by Crippen LogP contribution is 2.32. The summed E-state index contributed by atoms with van der Waals surface area (Å²) in [6.45, 7) is 2.57. The second-order valence-corrected chi connectivity index (χ2v) is 8.47. The average Bonchev–Trinajstić information content (AvgIpc) is 3.28. The number of amides is 2. The number of likely N-dealkylation sites (tertiary alicyclic amines) is 1. The Balaban J connectivity index is 1.39. The molecule has 2 aromatic rings. The van der Waals surface area contributed by atoms with Crippen molar-refractivity contribution in [2.24, 2.45) is 5.92 Å². The summed E-state index contributed by atoms with van der Waals surface area (Å²) in [6, 6.07) is 8.45. The van der Waals surface area contributed by atoms with Gasteiger partial charge < -0.3 is 15.1 Å². The van der Waals surface area contributed by atoms with Crippen molar-refractivity contribution < 1.29 is 18.4 Å². The third kappa shape index (κ3) is 4.82. The van der Waals surface area contributed by atoms with Crippen LogP contribution in [0.4, 0.5) is 20.2 Å². The number of benzene rings is 2. The lowest BCUT2D eigenvalue weighted by Gasteiger charge is -2.32. The van der Waals surface area contributed by atoms with Gasteiger partial charge in [0.2, 0.25) is 5.91 Å². The number of hydrogen-bond acceptors (Lipinski definition) is 3. The number of nitrogens with zero attached hydrogens (tertiary/aromatic N) is 2. The van der Waals surface area contributed by atoms with E-state index in [1.54, 1.807) is 6.07 Å². The summed E-state index contributed by atoms with van der Waals surface area (Å²) in [7, 11) is 0. The Morgan fingerprint density at radius 1 is 0.968 bits per heavy atom. The molecule has 8 heteroatoms. The van der Waals surface area contributed by atoms with Gasteiger partial charge in [-0.05, 0) is 56.0 Å². The van der Waals surface area contributed by atoms with Crippen LogP contribution in [-0.2, 0) is 4.79 Å². The Bertz CT molecular complexity index is 987. The van der Waals surface area contributed by atoms with E-state index in [4.69, 9.17) is 11.6 Å². The van der Waals surface area contributed by atoms with Gasteiger partial charge in [0.05, 0.1) is 16.9 Å². The second kappa shape index (κ2) is 9.22. The predicted molar refractivity (Wildman–Crippen MR) is 117 cm³/mol. The van der Waals surface area contributed by atoms with Crippen LogP contribution in [0.15, 0.2) is 36.4 Å². The molecule has 2 saturated heterocycles. The Morgan fingerprint density at radius 3 is 2.35 bits per heavy atom. The van der Waals surface area contributed by atoms with Crippen molar-refractivity contribution in [3.8, 4) is 0 Å². The molecule has 0 saturated carbocycles. The number of nitrogens with one attached hydrogen (secondary N) is 1. The molecule has 4 rings (SSSR count). The van der Waals surface area contributed by atoms with Crippen LogP contribution in [0.25, 0.3) is 0 Å². The lowest BCUT2D eigenvalue weighted by atomic mass is 9.95. The molecule has 2 aliphatic heterocycles. The van der Waals surface area contributed by atoms with Gasteiger partial charge in [-0.25, -0.2) is 8.78 Å². The van der Waals surface area contributed by atoms with Crippen LogP contribution in [-0.4, -0.2) is 42.9 Å². The molecule has 2 aromatic carbocycles. The van der Waals surface area contributed by atoms with Gasteiger partial charge in [-0.2, -0.15) is 0 Å². The molecular weight excluding hydrogens is 424 g/mol. The first-order chi connectivity index (χ1) is 14.9. The first-order valence-corrected chi connectivity index (χ1v) is 10.9. The second-order valence-electron chi connectivity index (χ2n) is 8.04. The van der Waals surface area contributed by atoms with E-state index in [0.717, 1.165) is 43.8 Å². The van der Waals surface area contributed by atoms with Gasteiger partial charge in [0, 0.05) is 43.2 Å². The molecule has 31 heavy (non-hydrogen) atoms. The Kier molecular flexibility index (Phi) is 6.41. The fourth-order valence-electron chi connectivity index (χ4n) is 4.25. The van der Waals surface area contributed by atoms with Crippen LogP contribution in [0.2, 0.25) is 5.02 Å². The van der Waals surface area contributed by atoms with Gasteiger partial charge >= 0.3 is 0 Å². The van der Waals surface area contributed by atoms with E-state index in [1.807, 2.05) is 12.1 Å². The molecule has 0 spiro atoms. The fourth-order valence-corrected chi connectivity index (χ4v) is 4.43. The number of anilines is 2. The van der Waals surface area contributed by atoms with Gasteiger partial charge in [0.1, 0.15) is 11.6 Å². The number of rotatable bonds is 4. The van der Waals surface area contributed by atoms with E-state index in [-0.39, 0.29) is 17.4 Å². The van der Waals surface area contributed by atoms with E-state index in [9.17, 15) is 18.4 Å². The zero-order valence-corrected chi connectivity index (χ0v) is 17.8. The van der Waals surface area contributed by atoms with E-state index in [2.05, 4.69) is 10.2 Å². The fraction of sp³-hybridized carbons (Fsp3) is 0.391. The molecule has 0 aromatic heterocycles. The summed E-state index contributed by atoms with van der Waals surface area (Å²) in [5.74, 6) is -2.45. The zero-order valence-electron chi connectivity index (χ0n) is 17.0. The number of carbonyl (C=O) groups excluding carboxylic acids is 2. The van der Waals surface area contributed by atoms with Crippen molar-refractivity contribution >= 4 is 34.8 Å². The highest BCUT2D eigenvalue weighted by molar-refractivity contribution is 6.31. The third-order valence-corrected chi connectivity index (χ3v) is 6.21. The minimum absolute atomic E-state index is 0.109. The minimum atomic E-state index is -0.875. The van der Waals surface area contributed by atoms with Crippen LogP contribution in [0.3, 0.4) is 0 Å². The molecule has 2 heterocycles. The summed E-state index contributed by atoms with van der Waals surface area (Å²) in [6.07, 6.45) is 3.19. The highest BCUT2D eigenvalue weighted by atomic mass is 35.5. The molecule has 1 N–H and O–H groups in total. The van der Waals surface area contributed by atoms with Crippen LogP contribution in [0.5, 0.6) is 0 Å². The van der Waals surface area contributed by atoms with E-state index in [0.29, 0.717) is 42.7 Å². The van der Waals surface area contributed by atoms with Gasteiger partial charge in [0.15, 0.2) is 0 Å². The zero-order chi connectivity index (χ0) is 22.0. The van der Waals surface area contributed by atoms with E-state index >= 15 is 0 Å². The van der Waals surface area contributed by atoms with E-state index in [1.165, 1.54) is 4.90 Å². The van der Waals surface area contributed by atoms with Crippen LogP contribution in [0.1, 0.15) is 36.0 Å². The quantitative estimate of drug-likeness (QED) is 0.738. The number of carbonyl (C=O) groups is 2. The third-order valence-electron chi connectivity index (χ3n) is 5.98. The van der Waals surface area contributed by atoms with Crippen molar-refractivity contribution in [1.82, 2.24) is 4.90 Å². The van der Waals surface area contributed by atoms with Crippen molar-refractivity contribution in [3.05, 3.63) is 58.6 Å². The molecular formula is C23H24ClF2N3O2. The molecule has 5 nitrogen and oxygen atoms in total. The molecule has 0 unspecified atom stereocenters. The summed E-state index contributed by atoms with van der Waals surface area (Å²) in [4.78, 5) is 29.2. The maximum Gasteiger partial charge on any atom is 0.256 e. The summed E-state index contributed by atoms with van der Waals surface area (Å²) in [5, 5.41) is 3.57. The number of piperidine rings is 1. The smallest absolute Gasteiger partial charge is 0.256 e. The molecule has 164 valence electrons. The highest BCUT2D eigenvalue weighted by Gasteiger charge is 2.29. The normalized spacial score (nSPS) is 17.1. The predicted octanol–water partition coefficient (Wildman–Crippen LogP) is 4.71. The number of hydrogen-bond donors (Lipinski definition) is 1. The Hall–Kier alpha value is -2.67. The van der Waals surface area contributed by atoms with E-state index < -0.39 is 17.5 Å². The molecule has 0 aliphatic carbocycles. The Morgan fingerprint density at radius 2 is 1.68 bits per heavy atom. The van der Waals surface area contributed by atoms with Crippen molar-refractivity contribution in [2.45, 2.75) is 25.7 Å².